The second kappa shape index (κ2) is 9.30. The summed E-state index contributed by atoms with van der Waals surface area (Å²) in [5.41, 5.74) is 1.11. The molecular formula is C21H17BrCl2N2O5. The van der Waals surface area contributed by atoms with Gasteiger partial charge in [0.15, 0.2) is 11.5 Å². The molecule has 31 heavy (non-hydrogen) atoms. The standard InChI is InChI=1S/C21H17BrCl2N2O5/c1-25-19(27)14(20(28)26(2)21(25)29)6-11-7-15(22)18(17(8-11)30-3)31-10-12-4-5-13(23)9-16(12)24/h4-9H,10H2,1-3H3. The van der Waals surface area contributed by atoms with Crippen LogP contribution in [0.5, 0.6) is 11.5 Å². The SMILES string of the molecule is COc1cc(C=C2C(=O)N(C)C(=O)N(C)C2=O)cc(Br)c1OCc1ccc(Cl)cc1Cl. The van der Waals surface area contributed by atoms with Gasteiger partial charge in [0, 0.05) is 29.7 Å². The molecule has 2 aromatic rings. The maximum atomic E-state index is 12.4. The van der Waals surface area contributed by atoms with Crippen molar-refractivity contribution in [2.24, 2.45) is 0 Å². The van der Waals surface area contributed by atoms with E-state index in [0.717, 1.165) is 15.4 Å². The minimum atomic E-state index is -0.685. The quantitative estimate of drug-likeness (QED) is 0.413. The molecule has 0 N–H and O–H groups in total. The van der Waals surface area contributed by atoms with Crippen LogP contribution < -0.4 is 9.47 Å². The minimum Gasteiger partial charge on any atom is -0.493 e. The molecule has 162 valence electrons. The summed E-state index contributed by atoms with van der Waals surface area (Å²) >= 11 is 15.6. The average Bonchev–Trinajstić information content (AvgIpc) is 2.74. The van der Waals surface area contributed by atoms with Crippen molar-refractivity contribution in [3.05, 3.63) is 61.5 Å². The zero-order valence-electron chi connectivity index (χ0n) is 16.7. The van der Waals surface area contributed by atoms with Crippen LogP contribution in [-0.2, 0) is 16.2 Å². The maximum absolute atomic E-state index is 12.4. The Hall–Kier alpha value is -2.55. The van der Waals surface area contributed by atoms with Gasteiger partial charge in [-0.3, -0.25) is 19.4 Å². The van der Waals surface area contributed by atoms with Crippen molar-refractivity contribution >= 4 is 63.1 Å². The lowest BCUT2D eigenvalue weighted by atomic mass is 10.1. The van der Waals surface area contributed by atoms with Crippen LogP contribution in [0.15, 0.2) is 40.4 Å². The number of hydrogen-bond donors (Lipinski definition) is 0. The molecule has 2 aromatic carbocycles. The molecule has 0 aromatic heterocycles. The van der Waals surface area contributed by atoms with E-state index in [4.69, 9.17) is 32.7 Å². The van der Waals surface area contributed by atoms with E-state index in [1.54, 1.807) is 30.3 Å². The second-order valence-electron chi connectivity index (χ2n) is 6.63. The van der Waals surface area contributed by atoms with Crippen molar-refractivity contribution in [3.8, 4) is 11.5 Å². The van der Waals surface area contributed by atoms with Crippen LogP contribution in [-0.4, -0.2) is 48.9 Å². The topological polar surface area (TPSA) is 76.2 Å². The first-order chi connectivity index (χ1) is 14.6. The van der Waals surface area contributed by atoms with Crippen LogP contribution in [0.3, 0.4) is 0 Å². The Bertz CT molecular complexity index is 1090. The molecule has 10 heteroatoms. The van der Waals surface area contributed by atoms with Crippen LogP contribution in [0, 0.1) is 0 Å². The Balaban J connectivity index is 1.92. The largest absolute Gasteiger partial charge is 0.493 e. The van der Waals surface area contributed by atoms with Gasteiger partial charge < -0.3 is 9.47 Å². The number of amides is 4. The molecule has 1 aliphatic heterocycles. The number of rotatable bonds is 5. The first-order valence-corrected chi connectivity index (χ1v) is 10.4. The van der Waals surface area contributed by atoms with Gasteiger partial charge in [-0.2, -0.15) is 0 Å². The highest BCUT2D eigenvalue weighted by Gasteiger charge is 2.37. The number of carbonyl (C=O) groups excluding carboxylic acids is 3. The van der Waals surface area contributed by atoms with E-state index in [1.165, 1.54) is 27.3 Å². The molecule has 1 fully saturated rings. The Labute approximate surface area is 197 Å². The number of carbonyl (C=O) groups is 3. The monoisotopic (exact) mass is 526 g/mol. The number of likely N-dealkylation sites (N-methyl/N-ethyl adjacent to an activating group) is 2. The summed E-state index contributed by atoms with van der Waals surface area (Å²) in [6.07, 6.45) is 1.40. The van der Waals surface area contributed by atoms with Crippen molar-refractivity contribution in [3.63, 3.8) is 0 Å². The zero-order valence-corrected chi connectivity index (χ0v) is 19.8. The Morgan fingerprint density at radius 2 is 1.68 bits per heavy atom. The smallest absolute Gasteiger partial charge is 0.333 e. The normalized spacial score (nSPS) is 14.3. The number of hydrogen-bond acceptors (Lipinski definition) is 5. The van der Waals surface area contributed by atoms with Crippen molar-refractivity contribution in [1.29, 1.82) is 0 Å². The van der Waals surface area contributed by atoms with E-state index in [-0.39, 0.29) is 12.2 Å². The number of methoxy groups -OCH3 is 1. The number of nitrogens with zero attached hydrogens (tertiary/aromatic N) is 2. The molecule has 0 aliphatic carbocycles. The highest BCUT2D eigenvalue weighted by atomic mass is 79.9. The predicted octanol–water partition coefficient (Wildman–Crippen LogP) is 4.78. The van der Waals surface area contributed by atoms with Gasteiger partial charge in [0.1, 0.15) is 12.2 Å². The van der Waals surface area contributed by atoms with Crippen LogP contribution in [0.25, 0.3) is 6.08 Å². The van der Waals surface area contributed by atoms with Gasteiger partial charge in [0.25, 0.3) is 11.8 Å². The third-order valence-corrected chi connectivity index (χ3v) is 5.77. The Kier molecular flexibility index (Phi) is 6.93. The maximum Gasteiger partial charge on any atom is 0.333 e. The number of ether oxygens (including phenoxy) is 2. The lowest BCUT2D eigenvalue weighted by Gasteiger charge is -2.28. The van der Waals surface area contributed by atoms with Crippen LogP contribution in [0.4, 0.5) is 4.79 Å². The number of halogens is 3. The van der Waals surface area contributed by atoms with Crippen LogP contribution in [0.2, 0.25) is 10.0 Å². The van der Waals surface area contributed by atoms with Crippen LogP contribution in [0.1, 0.15) is 11.1 Å². The lowest BCUT2D eigenvalue weighted by Crippen LogP contribution is -2.52. The van der Waals surface area contributed by atoms with Gasteiger partial charge in [-0.25, -0.2) is 4.79 Å². The van der Waals surface area contributed by atoms with Gasteiger partial charge in [-0.1, -0.05) is 29.3 Å². The Morgan fingerprint density at radius 3 is 2.26 bits per heavy atom. The summed E-state index contributed by atoms with van der Waals surface area (Å²) in [5, 5.41) is 0.996. The fourth-order valence-corrected chi connectivity index (χ4v) is 3.93. The summed E-state index contributed by atoms with van der Waals surface area (Å²) in [6, 6.07) is 7.71. The predicted molar refractivity (Wildman–Crippen MR) is 120 cm³/mol. The number of barbiturate groups is 1. The van der Waals surface area contributed by atoms with Crippen molar-refractivity contribution in [1.82, 2.24) is 9.80 Å². The van der Waals surface area contributed by atoms with E-state index in [9.17, 15) is 14.4 Å². The molecule has 1 saturated heterocycles. The number of benzene rings is 2. The molecule has 0 bridgehead atoms. The first kappa shape index (κ1) is 23.1. The Morgan fingerprint density at radius 1 is 1.03 bits per heavy atom. The fourth-order valence-electron chi connectivity index (χ4n) is 2.89. The van der Waals surface area contributed by atoms with Crippen molar-refractivity contribution < 1.29 is 23.9 Å². The van der Waals surface area contributed by atoms with Gasteiger partial charge in [0.2, 0.25) is 0 Å². The average molecular weight is 528 g/mol. The third kappa shape index (κ3) is 4.71. The van der Waals surface area contributed by atoms with E-state index in [2.05, 4.69) is 15.9 Å². The van der Waals surface area contributed by atoms with E-state index >= 15 is 0 Å². The molecular weight excluding hydrogens is 511 g/mol. The van der Waals surface area contributed by atoms with Crippen molar-refractivity contribution in [2.75, 3.05) is 21.2 Å². The third-order valence-electron chi connectivity index (χ3n) is 4.59. The summed E-state index contributed by atoms with van der Waals surface area (Å²) in [4.78, 5) is 38.5. The summed E-state index contributed by atoms with van der Waals surface area (Å²) in [7, 11) is 4.10. The highest BCUT2D eigenvalue weighted by Crippen LogP contribution is 2.38. The molecule has 1 heterocycles. The number of urea groups is 1. The zero-order chi connectivity index (χ0) is 22.9. The van der Waals surface area contributed by atoms with Gasteiger partial charge in [-0.05, 0) is 51.8 Å². The van der Waals surface area contributed by atoms with Gasteiger partial charge in [0.05, 0.1) is 11.6 Å². The number of imide groups is 2. The molecule has 0 unspecified atom stereocenters. The summed E-state index contributed by atoms with van der Waals surface area (Å²) in [5.74, 6) is -0.567. The molecule has 7 nitrogen and oxygen atoms in total. The second-order valence-corrected chi connectivity index (χ2v) is 8.33. The van der Waals surface area contributed by atoms with Gasteiger partial charge >= 0.3 is 6.03 Å². The van der Waals surface area contributed by atoms with E-state index in [0.29, 0.717) is 31.6 Å². The molecule has 0 atom stereocenters. The molecule has 0 saturated carbocycles. The highest BCUT2D eigenvalue weighted by molar-refractivity contribution is 9.10. The summed E-state index contributed by atoms with van der Waals surface area (Å²) in [6.45, 7) is 0.167. The van der Waals surface area contributed by atoms with Crippen molar-refractivity contribution in [2.45, 2.75) is 6.61 Å². The van der Waals surface area contributed by atoms with Crippen LogP contribution >= 0.6 is 39.1 Å². The lowest BCUT2D eigenvalue weighted by molar-refractivity contribution is -0.134. The minimum absolute atomic E-state index is 0.139. The first-order valence-electron chi connectivity index (χ1n) is 8.90. The van der Waals surface area contributed by atoms with E-state index in [1.807, 2.05) is 0 Å². The molecule has 3 rings (SSSR count). The van der Waals surface area contributed by atoms with E-state index < -0.39 is 17.8 Å². The molecule has 1 aliphatic rings. The molecule has 4 amide bonds. The summed E-state index contributed by atoms with van der Waals surface area (Å²) < 4.78 is 11.8. The fraction of sp³-hybridized carbons (Fsp3) is 0.190. The van der Waals surface area contributed by atoms with Gasteiger partial charge in [-0.15, -0.1) is 0 Å². The molecule has 0 radical (unpaired) electrons. The molecule has 0 spiro atoms.